The van der Waals surface area contributed by atoms with Crippen molar-refractivity contribution in [1.29, 1.82) is 0 Å². The lowest BCUT2D eigenvalue weighted by Gasteiger charge is -2.30. The normalized spacial score (nSPS) is 21.8. The number of carbonyl (C=O) groups excluding carboxylic acids is 1. The number of nitrogens with one attached hydrogen (secondary N) is 1. The van der Waals surface area contributed by atoms with E-state index in [1.807, 2.05) is 6.26 Å². The lowest BCUT2D eigenvalue weighted by atomic mass is 9.94. The van der Waals surface area contributed by atoms with Gasteiger partial charge in [-0.2, -0.15) is 11.8 Å². The minimum Gasteiger partial charge on any atom is -0.383 e. The first-order valence-corrected chi connectivity index (χ1v) is 8.05. The Hall–Kier alpha value is -1.83. The van der Waals surface area contributed by atoms with E-state index in [4.69, 9.17) is 5.73 Å². The van der Waals surface area contributed by atoms with Crippen LogP contribution in [0, 0.1) is 10.1 Å². The molecule has 2 rings (SSSR count). The minimum absolute atomic E-state index is 0.00890. The number of amides is 1. The van der Waals surface area contributed by atoms with Crippen molar-refractivity contribution in [3.8, 4) is 0 Å². The predicted octanol–water partition coefficient (Wildman–Crippen LogP) is 1.98. The maximum Gasteiger partial charge on any atom is 0.288 e. The molecule has 21 heavy (non-hydrogen) atoms. The van der Waals surface area contributed by atoms with Gasteiger partial charge in [-0.05, 0) is 19.1 Å². The molecule has 3 N–H and O–H groups in total. The minimum atomic E-state index is -0.589. The van der Waals surface area contributed by atoms with Crippen LogP contribution in [0.25, 0.3) is 0 Å². The number of nitrogens with zero attached hydrogens (tertiary/aromatic N) is 2. The van der Waals surface area contributed by atoms with E-state index in [-0.39, 0.29) is 23.1 Å². The number of hydrogen-bond donors (Lipinski definition) is 2. The smallest absolute Gasteiger partial charge is 0.288 e. The zero-order chi connectivity index (χ0) is 15.4. The number of pyridine rings is 1. The first kappa shape index (κ1) is 15.6. The van der Waals surface area contributed by atoms with Crippen molar-refractivity contribution in [1.82, 2.24) is 10.3 Å². The Labute approximate surface area is 126 Å². The summed E-state index contributed by atoms with van der Waals surface area (Å²) < 4.78 is 0. The van der Waals surface area contributed by atoms with Crippen molar-refractivity contribution in [3.63, 3.8) is 0 Å². The van der Waals surface area contributed by atoms with E-state index in [0.29, 0.717) is 5.25 Å². The molecule has 8 heteroatoms. The molecule has 0 radical (unpaired) electrons. The maximum absolute atomic E-state index is 12.3. The number of anilines is 1. The second-order valence-corrected chi connectivity index (χ2v) is 6.10. The highest BCUT2D eigenvalue weighted by Crippen LogP contribution is 2.27. The lowest BCUT2D eigenvalue weighted by Crippen LogP contribution is -2.43. The average molecular weight is 310 g/mol. The molecule has 1 aromatic rings. The maximum atomic E-state index is 12.3. The number of nitrogen functional groups attached to an aromatic ring is 1. The van der Waals surface area contributed by atoms with E-state index < -0.39 is 10.8 Å². The third kappa shape index (κ3) is 3.63. The molecule has 1 aliphatic rings. The molecule has 2 atom stereocenters. The van der Waals surface area contributed by atoms with Gasteiger partial charge in [-0.15, -0.1) is 0 Å². The van der Waals surface area contributed by atoms with Crippen LogP contribution >= 0.6 is 11.8 Å². The first-order valence-electron chi connectivity index (χ1n) is 6.76. The summed E-state index contributed by atoms with van der Waals surface area (Å²) in [4.78, 5) is 26.2. The summed E-state index contributed by atoms with van der Waals surface area (Å²) in [6.07, 6.45) is 7.30. The van der Waals surface area contributed by atoms with E-state index in [1.54, 1.807) is 11.8 Å². The van der Waals surface area contributed by atoms with Crippen LogP contribution in [-0.4, -0.2) is 33.4 Å². The van der Waals surface area contributed by atoms with E-state index in [1.165, 1.54) is 12.5 Å². The van der Waals surface area contributed by atoms with Crippen LogP contribution in [0.1, 0.15) is 36.0 Å². The highest BCUT2D eigenvalue weighted by Gasteiger charge is 2.27. The molecule has 0 spiro atoms. The van der Waals surface area contributed by atoms with Gasteiger partial charge in [-0.1, -0.05) is 12.8 Å². The van der Waals surface area contributed by atoms with Gasteiger partial charge in [-0.3, -0.25) is 14.9 Å². The zero-order valence-electron chi connectivity index (χ0n) is 11.7. The summed E-state index contributed by atoms with van der Waals surface area (Å²) in [5.74, 6) is -0.385. The third-order valence-electron chi connectivity index (χ3n) is 3.68. The van der Waals surface area contributed by atoms with Crippen molar-refractivity contribution in [2.24, 2.45) is 0 Å². The summed E-state index contributed by atoms with van der Waals surface area (Å²) >= 11 is 1.73. The summed E-state index contributed by atoms with van der Waals surface area (Å²) in [5, 5.41) is 14.1. The van der Waals surface area contributed by atoms with Gasteiger partial charge in [0.25, 0.3) is 11.6 Å². The summed E-state index contributed by atoms with van der Waals surface area (Å²) in [6.45, 7) is 0. The van der Waals surface area contributed by atoms with E-state index >= 15 is 0 Å². The average Bonchev–Trinajstić information content (AvgIpc) is 2.47. The van der Waals surface area contributed by atoms with Crippen LogP contribution in [0.15, 0.2) is 12.3 Å². The molecule has 114 valence electrons. The molecular formula is C13H18N4O3S. The number of thioether (sulfide) groups is 1. The van der Waals surface area contributed by atoms with Crippen molar-refractivity contribution in [2.75, 3.05) is 12.0 Å². The number of nitro groups is 1. The molecule has 1 fully saturated rings. The molecule has 1 saturated carbocycles. The van der Waals surface area contributed by atoms with Crippen LogP contribution in [-0.2, 0) is 0 Å². The third-order valence-corrected chi connectivity index (χ3v) is 4.85. The van der Waals surface area contributed by atoms with E-state index in [9.17, 15) is 14.9 Å². The van der Waals surface area contributed by atoms with E-state index in [2.05, 4.69) is 10.3 Å². The van der Waals surface area contributed by atoms with Crippen molar-refractivity contribution >= 4 is 29.2 Å². The molecule has 1 aromatic heterocycles. The molecule has 0 aromatic carbocycles. The largest absolute Gasteiger partial charge is 0.383 e. The number of rotatable bonds is 4. The molecule has 7 nitrogen and oxygen atoms in total. The highest BCUT2D eigenvalue weighted by atomic mass is 32.2. The molecule has 1 heterocycles. The number of nitrogens with two attached hydrogens (primary N) is 1. The van der Waals surface area contributed by atoms with Gasteiger partial charge < -0.3 is 11.1 Å². The van der Waals surface area contributed by atoms with Gasteiger partial charge in [0.1, 0.15) is 12.0 Å². The summed E-state index contributed by atoms with van der Waals surface area (Å²) in [7, 11) is 0. The van der Waals surface area contributed by atoms with Gasteiger partial charge in [0.15, 0.2) is 0 Å². The topological polar surface area (TPSA) is 111 Å². The fraction of sp³-hybridized carbons (Fsp3) is 0.538. The molecule has 0 bridgehead atoms. The van der Waals surface area contributed by atoms with Gasteiger partial charge in [0, 0.05) is 17.4 Å². The molecule has 1 amide bonds. The SMILES string of the molecule is CSC1CCCCC1NC(=O)c1cc([N+](=O)[O-])cnc1N. The second kappa shape index (κ2) is 6.75. The first-order chi connectivity index (χ1) is 10.0. The second-order valence-electron chi connectivity index (χ2n) is 5.02. The molecule has 2 unspecified atom stereocenters. The van der Waals surface area contributed by atoms with Gasteiger partial charge >= 0.3 is 0 Å². The Morgan fingerprint density at radius 3 is 2.90 bits per heavy atom. The molecule has 0 aliphatic heterocycles. The standard InChI is InChI=1S/C13H18N4O3S/c1-21-11-5-3-2-4-10(11)16-13(18)9-6-8(17(19)20)7-15-12(9)14/h6-7,10-11H,2-5H2,1H3,(H2,14,15)(H,16,18). The van der Waals surface area contributed by atoms with Crippen molar-refractivity contribution in [3.05, 3.63) is 27.9 Å². The fourth-order valence-corrected chi connectivity index (χ4v) is 3.47. The van der Waals surface area contributed by atoms with Crippen molar-refractivity contribution < 1.29 is 9.72 Å². The fourth-order valence-electron chi connectivity index (χ4n) is 2.54. The Bertz CT molecular complexity index is 552. The zero-order valence-corrected chi connectivity index (χ0v) is 12.6. The van der Waals surface area contributed by atoms with Crippen LogP contribution in [0.3, 0.4) is 0 Å². The Morgan fingerprint density at radius 1 is 1.52 bits per heavy atom. The monoisotopic (exact) mass is 310 g/mol. The van der Waals surface area contributed by atoms with Gasteiger partial charge in [0.05, 0.1) is 10.5 Å². The summed E-state index contributed by atoms with van der Waals surface area (Å²) in [6, 6.07) is 1.24. The van der Waals surface area contributed by atoms with E-state index in [0.717, 1.165) is 25.5 Å². The Balaban J connectivity index is 2.16. The Kier molecular flexibility index (Phi) is 5.00. The van der Waals surface area contributed by atoms with Crippen LogP contribution in [0.2, 0.25) is 0 Å². The molecule has 0 saturated heterocycles. The molecular weight excluding hydrogens is 292 g/mol. The van der Waals surface area contributed by atoms with Crippen LogP contribution in [0.4, 0.5) is 11.5 Å². The number of aromatic nitrogens is 1. The van der Waals surface area contributed by atoms with Gasteiger partial charge in [0.2, 0.25) is 0 Å². The van der Waals surface area contributed by atoms with Crippen molar-refractivity contribution in [2.45, 2.75) is 37.0 Å². The van der Waals surface area contributed by atoms with Crippen LogP contribution in [0.5, 0.6) is 0 Å². The summed E-state index contributed by atoms with van der Waals surface area (Å²) in [5.41, 5.74) is 5.49. The Morgan fingerprint density at radius 2 is 2.24 bits per heavy atom. The lowest BCUT2D eigenvalue weighted by molar-refractivity contribution is -0.385. The number of carbonyl (C=O) groups is 1. The van der Waals surface area contributed by atoms with Crippen LogP contribution < -0.4 is 11.1 Å². The number of hydrogen-bond acceptors (Lipinski definition) is 6. The molecule has 1 aliphatic carbocycles. The highest BCUT2D eigenvalue weighted by molar-refractivity contribution is 7.99. The predicted molar refractivity (Wildman–Crippen MR) is 82.3 cm³/mol. The quantitative estimate of drug-likeness (QED) is 0.649. The van der Waals surface area contributed by atoms with Gasteiger partial charge in [-0.25, -0.2) is 4.98 Å².